The molecule has 1 amide bonds. The van der Waals surface area contributed by atoms with Crippen molar-refractivity contribution in [2.75, 3.05) is 26.8 Å². The molecule has 11 heteroatoms. The molecular formula is C27H34N2O9. The van der Waals surface area contributed by atoms with Gasteiger partial charge in [-0.25, -0.2) is 0 Å². The third kappa shape index (κ3) is 3.78. The van der Waals surface area contributed by atoms with E-state index < -0.39 is 58.6 Å². The van der Waals surface area contributed by atoms with Crippen LogP contribution in [0.4, 0.5) is 0 Å². The lowest BCUT2D eigenvalue weighted by atomic mass is 9.53. The number of ketones is 3. The average molecular weight is 531 g/mol. The van der Waals surface area contributed by atoms with Crippen LogP contribution >= 0.6 is 0 Å². The number of amides is 1. The van der Waals surface area contributed by atoms with Crippen molar-refractivity contribution in [2.24, 2.45) is 29.4 Å². The summed E-state index contributed by atoms with van der Waals surface area (Å²) >= 11 is 0. The number of nitrogens with zero attached hydrogens (tertiary/aromatic N) is 1. The molecule has 0 radical (unpaired) electrons. The zero-order chi connectivity index (χ0) is 27.5. The summed E-state index contributed by atoms with van der Waals surface area (Å²) in [6, 6.07) is 1.49. The molecule has 2 saturated carbocycles. The highest BCUT2D eigenvalue weighted by Gasteiger charge is 2.66. The van der Waals surface area contributed by atoms with Gasteiger partial charge < -0.3 is 30.9 Å². The van der Waals surface area contributed by atoms with Crippen LogP contribution in [0.1, 0.15) is 60.9 Å². The van der Waals surface area contributed by atoms with Crippen LogP contribution in [0.5, 0.6) is 11.5 Å². The van der Waals surface area contributed by atoms with Crippen LogP contribution in [0.25, 0.3) is 0 Å². The molecular weight excluding hydrogens is 496 g/mol. The third-order valence-electron chi connectivity index (χ3n) is 9.12. The first kappa shape index (κ1) is 26.7. The van der Waals surface area contributed by atoms with Crippen LogP contribution in [0, 0.1) is 23.7 Å². The molecule has 1 aromatic carbocycles. The van der Waals surface area contributed by atoms with Crippen molar-refractivity contribution in [3.8, 4) is 11.5 Å². The lowest BCUT2D eigenvalue weighted by Gasteiger charge is -2.50. The number of Topliss-reactive ketones (excluding diaryl/α,β-unsaturated/α-hetero) is 3. The molecule has 206 valence electrons. The number of ether oxygens (including phenoxy) is 1. The van der Waals surface area contributed by atoms with E-state index in [1.54, 1.807) is 6.07 Å². The van der Waals surface area contributed by atoms with Crippen molar-refractivity contribution in [1.29, 1.82) is 0 Å². The van der Waals surface area contributed by atoms with Crippen LogP contribution in [-0.4, -0.2) is 81.0 Å². The first-order valence-corrected chi connectivity index (χ1v) is 13.1. The molecule has 1 aromatic rings. The average Bonchev–Trinajstić information content (AvgIpc) is 3.32. The number of carbonyl (C=O) groups excluding carboxylic acids is 4. The van der Waals surface area contributed by atoms with Gasteiger partial charge in [0.15, 0.2) is 28.9 Å². The number of carbonyl (C=O) groups is 4. The van der Waals surface area contributed by atoms with Crippen molar-refractivity contribution < 1.29 is 44.3 Å². The second-order valence-electron chi connectivity index (χ2n) is 11.0. The van der Waals surface area contributed by atoms with Gasteiger partial charge in [0.05, 0.1) is 19.1 Å². The Morgan fingerprint density at radius 3 is 2.63 bits per heavy atom. The van der Waals surface area contributed by atoms with E-state index in [1.807, 2.05) is 0 Å². The Kier molecular flexibility index (Phi) is 6.83. The highest BCUT2D eigenvalue weighted by atomic mass is 16.5. The van der Waals surface area contributed by atoms with Crippen LogP contribution in [0.2, 0.25) is 0 Å². The van der Waals surface area contributed by atoms with Gasteiger partial charge in [-0.15, -0.1) is 0 Å². The number of aromatic hydroxyl groups is 1. The SMILES string of the molecule is COc1c(C2CCCN2CCCO)cc(O)c2c1CC1CC3CC(=O)C(C(N)=O)C(=O)C3(O)C(=O)C1C2O. The number of hydrogen-bond acceptors (Lipinski definition) is 10. The third-order valence-corrected chi connectivity index (χ3v) is 9.12. The van der Waals surface area contributed by atoms with Gasteiger partial charge in [0.25, 0.3) is 0 Å². The highest BCUT2D eigenvalue weighted by molar-refractivity contribution is 6.28. The number of fused-ring (bicyclic) bond motifs is 3. The minimum absolute atomic E-state index is 0.0556. The summed E-state index contributed by atoms with van der Waals surface area (Å²) in [5, 5.41) is 43.2. The predicted octanol–water partition coefficient (Wildman–Crippen LogP) is -0.294. The number of aliphatic hydroxyl groups is 3. The maximum absolute atomic E-state index is 13.7. The number of nitrogens with two attached hydrogens (primary N) is 1. The molecule has 3 fully saturated rings. The molecule has 1 heterocycles. The maximum Gasteiger partial charge on any atom is 0.235 e. The number of phenolic OH excluding ortho intramolecular Hbond substituents is 1. The number of aliphatic hydroxyl groups excluding tert-OH is 2. The summed E-state index contributed by atoms with van der Waals surface area (Å²) < 4.78 is 5.83. The second-order valence-corrected chi connectivity index (χ2v) is 11.0. The molecule has 0 bridgehead atoms. The number of phenols is 1. The minimum atomic E-state index is -2.61. The number of hydrogen-bond donors (Lipinski definition) is 5. The van der Waals surface area contributed by atoms with Crippen molar-refractivity contribution >= 4 is 23.3 Å². The molecule has 5 rings (SSSR count). The molecule has 6 N–H and O–H groups in total. The summed E-state index contributed by atoms with van der Waals surface area (Å²) in [5.74, 6) is -8.50. The van der Waals surface area contributed by atoms with Crippen molar-refractivity contribution in [2.45, 2.75) is 56.3 Å². The van der Waals surface area contributed by atoms with Gasteiger partial charge in [0.1, 0.15) is 11.5 Å². The molecule has 11 nitrogen and oxygen atoms in total. The van der Waals surface area contributed by atoms with Gasteiger partial charge in [-0.05, 0) is 50.6 Å². The van der Waals surface area contributed by atoms with Crippen molar-refractivity contribution in [3.63, 3.8) is 0 Å². The molecule has 1 aliphatic heterocycles. The van der Waals surface area contributed by atoms with E-state index in [9.17, 15) is 39.6 Å². The normalized spacial score (nSPS) is 35.0. The van der Waals surface area contributed by atoms with Crippen molar-refractivity contribution in [1.82, 2.24) is 4.90 Å². The lowest BCUT2D eigenvalue weighted by Crippen LogP contribution is -2.68. The van der Waals surface area contributed by atoms with Gasteiger partial charge in [0, 0.05) is 48.2 Å². The fraction of sp³-hybridized carbons (Fsp3) is 0.630. The predicted molar refractivity (Wildman–Crippen MR) is 131 cm³/mol. The molecule has 4 aliphatic rings. The van der Waals surface area contributed by atoms with Gasteiger partial charge in [-0.2, -0.15) is 0 Å². The number of likely N-dealkylation sites (tertiary alicyclic amines) is 1. The Hall–Kier alpha value is -2.86. The van der Waals surface area contributed by atoms with Gasteiger partial charge in [0.2, 0.25) is 5.91 Å². The standard InChI is InChI=1S/C27H34N2O9/c1-38-23-14(16-4-2-5-29(16)6-3-7-30)11-18(32)20-15(23)9-12-8-13-10-17(31)21(26(28)36)25(35)27(13,37)24(34)19(12)22(20)33/h11-13,16,19,21-22,30,32-33,37H,2-10H2,1H3,(H2,28,36). The van der Waals surface area contributed by atoms with E-state index in [2.05, 4.69) is 4.90 Å². The maximum atomic E-state index is 13.7. The molecule has 38 heavy (non-hydrogen) atoms. The zero-order valence-corrected chi connectivity index (χ0v) is 21.3. The summed E-state index contributed by atoms with van der Waals surface area (Å²) in [6.07, 6.45) is 0.811. The Balaban J connectivity index is 1.55. The van der Waals surface area contributed by atoms with Gasteiger partial charge in [-0.1, -0.05) is 0 Å². The Bertz CT molecular complexity index is 1200. The van der Waals surface area contributed by atoms with E-state index in [1.165, 1.54) is 7.11 Å². The van der Waals surface area contributed by atoms with Crippen molar-refractivity contribution in [3.05, 3.63) is 22.8 Å². The van der Waals surface area contributed by atoms with E-state index in [0.717, 1.165) is 24.9 Å². The quantitative estimate of drug-likeness (QED) is 0.306. The first-order chi connectivity index (χ1) is 18.1. The molecule has 0 aromatic heterocycles. The van der Waals surface area contributed by atoms with E-state index in [0.29, 0.717) is 24.3 Å². The minimum Gasteiger partial charge on any atom is -0.508 e. The molecule has 3 aliphatic carbocycles. The molecule has 7 atom stereocenters. The Morgan fingerprint density at radius 1 is 1.24 bits per heavy atom. The molecule has 0 spiro atoms. The summed E-state index contributed by atoms with van der Waals surface area (Å²) in [5.41, 5.74) is 4.07. The Morgan fingerprint density at radius 2 is 1.97 bits per heavy atom. The van der Waals surface area contributed by atoms with Gasteiger partial charge >= 0.3 is 0 Å². The topological polar surface area (TPSA) is 188 Å². The molecule has 7 unspecified atom stereocenters. The smallest absolute Gasteiger partial charge is 0.235 e. The van der Waals surface area contributed by atoms with E-state index in [4.69, 9.17) is 10.5 Å². The number of rotatable bonds is 6. The number of primary amides is 1. The summed E-state index contributed by atoms with van der Waals surface area (Å²) in [4.78, 5) is 53.3. The Labute approximate surface area is 219 Å². The lowest BCUT2D eigenvalue weighted by molar-refractivity contribution is -0.181. The molecule has 1 saturated heterocycles. The zero-order valence-electron chi connectivity index (χ0n) is 21.3. The fourth-order valence-electron chi connectivity index (χ4n) is 7.46. The van der Waals surface area contributed by atoms with Gasteiger partial charge in [-0.3, -0.25) is 24.1 Å². The second kappa shape index (κ2) is 9.71. The number of methoxy groups -OCH3 is 1. The largest absolute Gasteiger partial charge is 0.508 e. The van der Waals surface area contributed by atoms with Crippen LogP contribution in [0.3, 0.4) is 0 Å². The summed E-state index contributed by atoms with van der Waals surface area (Å²) in [6.45, 7) is 1.58. The monoisotopic (exact) mass is 530 g/mol. The van der Waals surface area contributed by atoms with E-state index in [-0.39, 0.29) is 43.2 Å². The number of benzene rings is 1. The van der Waals surface area contributed by atoms with E-state index >= 15 is 0 Å². The van der Waals surface area contributed by atoms with Crippen LogP contribution in [0.15, 0.2) is 6.07 Å². The van der Waals surface area contributed by atoms with Crippen LogP contribution in [-0.2, 0) is 25.6 Å². The van der Waals surface area contributed by atoms with Crippen LogP contribution < -0.4 is 10.5 Å². The summed E-state index contributed by atoms with van der Waals surface area (Å²) in [7, 11) is 1.51. The fourth-order valence-corrected chi connectivity index (χ4v) is 7.46. The first-order valence-electron chi connectivity index (χ1n) is 13.1. The highest BCUT2D eigenvalue weighted by Crippen LogP contribution is 2.56.